The van der Waals surface area contributed by atoms with Gasteiger partial charge in [-0.25, -0.2) is 4.79 Å². The minimum absolute atomic E-state index is 0.0378. The number of carboxylic acid groups (broad SMARTS) is 1. The lowest BCUT2D eigenvalue weighted by Crippen LogP contribution is -2.40. The van der Waals surface area contributed by atoms with Gasteiger partial charge in [-0.3, -0.25) is 14.9 Å². The van der Waals surface area contributed by atoms with Crippen LogP contribution in [0.1, 0.15) is 57.6 Å². The predicted molar refractivity (Wildman–Crippen MR) is 183 cm³/mol. The number of aliphatic imine (C=N–C) groups is 1. The number of anilines is 1. The molecule has 3 amide bonds. The summed E-state index contributed by atoms with van der Waals surface area (Å²) in [6.07, 6.45) is 2.36. The van der Waals surface area contributed by atoms with E-state index in [0.29, 0.717) is 36.4 Å². The molecule has 248 valence electrons. The lowest BCUT2D eigenvalue weighted by molar-refractivity contribution is -0.117. The van der Waals surface area contributed by atoms with Crippen molar-refractivity contribution in [3.05, 3.63) is 82.9 Å². The van der Waals surface area contributed by atoms with E-state index < -0.39 is 23.3 Å². The van der Waals surface area contributed by atoms with Crippen molar-refractivity contribution in [2.75, 3.05) is 31.6 Å². The van der Waals surface area contributed by atoms with Crippen LogP contribution < -0.4 is 20.7 Å². The molecular weight excluding hydrogens is 633 g/mol. The van der Waals surface area contributed by atoms with E-state index in [4.69, 9.17) is 32.8 Å². The maximum atomic E-state index is 13.4. The summed E-state index contributed by atoms with van der Waals surface area (Å²) in [6, 6.07) is 10.0. The van der Waals surface area contributed by atoms with Crippen LogP contribution in [0.15, 0.2) is 71.9 Å². The van der Waals surface area contributed by atoms with Gasteiger partial charge in [0.05, 0.1) is 34.4 Å². The van der Waals surface area contributed by atoms with Gasteiger partial charge >= 0.3 is 6.09 Å². The molecule has 13 heteroatoms. The summed E-state index contributed by atoms with van der Waals surface area (Å²) >= 11 is 13.2. The molecule has 2 rings (SSSR count). The molecule has 0 fully saturated rings. The van der Waals surface area contributed by atoms with E-state index in [1.54, 1.807) is 55.5 Å². The second-order valence-corrected chi connectivity index (χ2v) is 11.9. The van der Waals surface area contributed by atoms with Gasteiger partial charge in [0.25, 0.3) is 5.91 Å². The monoisotopic (exact) mass is 673 g/mol. The van der Waals surface area contributed by atoms with E-state index in [2.05, 4.69) is 39.3 Å². The van der Waals surface area contributed by atoms with Gasteiger partial charge in [-0.15, -0.1) is 6.58 Å². The van der Waals surface area contributed by atoms with Crippen LogP contribution in [0.2, 0.25) is 10.0 Å². The number of oxime groups is 1. The first-order valence-electron chi connectivity index (χ1n) is 14.5. The number of rotatable bonds is 16. The van der Waals surface area contributed by atoms with Gasteiger partial charge in [0, 0.05) is 11.5 Å². The third-order valence-electron chi connectivity index (χ3n) is 6.27. The minimum atomic E-state index is -1.41. The number of ether oxygens (including phenoxy) is 1. The molecule has 0 aliphatic rings. The molecule has 11 nitrogen and oxygen atoms in total. The van der Waals surface area contributed by atoms with Crippen LogP contribution in [0.4, 0.5) is 10.5 Å². The molecule has 1 atom stereocenters. The van der Waals surface area contributed by atoms with Gasteiger partial charge in [-0.1, -0.05) is 67.9 Å². The fraction of sp³-hybridized carbons (Fsp3) is 0.364. The van der Waals surface area contributed by atoms with Crippen LogP contribution >= 0.6 is 23.2 Å². The summed E-state index contributed by atoms with van der Waals surface area (Å²) in [4.78, 5) is 47.2. The lowest BCUT2D eigenvalue weighted by atomic mass is 9.75. The van der Waals surface area contributed by atoms with E-state index in [1.807, 2.05) is 20.8 Å². The van der Waals surface area contributed by atoms with Crippen molar-refractivity contribution < 1.29 is 29.1 Å². The van der Waals surface area contributed by atoms with E-state index >= 15 is 0 Å². The highest BCUT2D eigenvalue weighted by atomic mass is 35.5. The zero-order valence-corrected chi connectivity index (χ0v) is 28.0. The van der Waals surface area contributed by atoms with E-state index in [1.165, 1.54) is 0 Å². The van der Waals surface area contributed by atoms with Gasteiger partial charge < -0.3 is 25.3 Å². The number of amidine groups is 1. The Kier molecular flexibility index (Phi) is 15.4. The molecule has 4 N–H and O–H groups in total. The summed E-state index contributed by atoms with van der Waals surface area (Å²) < 4.78 is 5.52. The minimum Gasteiger partial charge on any atom is -0.490 e. The Bertz CT molecular complexity index is 1430. The van der Waals surface area contributed by atoms with Crippen molar-refractivity contribution >= 4 is 58.3 Å². The molecule has 1 unspecified atom stereocenters. The second-order valence-electron chi connectivity index (χ2n) is 11.0. The highest BCUT2D eigenvalue weighted by molar-refractivity contribution is 6.40. The number of nitrogens with zero attached hydrogens (tertiary/aromatic N) is 2. The quantitative estimate of drug-likeness (QED) is 0.0502. The van der Waals surface area contributed by atoms with Gasteiger partial charge in [-0.2, -0.15) is 4.99 Å². The van der Waals surface area contributed by atoms with Crippen molar-refractivity contribution in [1.82, 2.24) is 10.6 Å². The van der Waals surface area contributed by atoms with E-state index in [9.17, 15) is 19.5 Å². The van der Waals surface area contributed by atoms with Crippen molar-refractivity contribution in [1.29, 1.82) is 0 Å². The largest absolute Gasteiger partial charge is 0.490 e. The SMILES string of the molecule is C=CCCNCC(=O)Nc1c(Cl)cc(C(C(=NC(=O)CC(=NOCC)c2ccc(OCC=C)cc2)NC(=O)O)C(C)(C)C)cc1Cl. The number of amides is 3. The first-order chi connectivity index (χ1) is 21.8. The standard InChI is InChI=1S/C33H41Cl2N5O6/c1-7-10-15-36-20-28(42)37-30-24(34)17-22(18-25(30)35)29(33(4,5)6)31(39-32(43)44)38-27(41)19-26(40-46-9-3)21-11-13-23(14-12-21)45-16-8-2/h7-8,11-14,17-18,29,36H,1-2,9-10,15-16,19-20H2,3-6H3,(H,37,42)(H,43,44)(H,38,39,41). The van der Waals surface area contributed by atoms with E-state index in [0.717, 1.165) is 0 Å². The molecule has 2 aromatic carbocycles. The maximum Gasteiger partial charge on any atom is 0.410 e. The smallest absolute Gasteiger partial charge is 0.410 e. The first kappa shape index (κ1) is 38.0. The van der Waals surface area contributed by atoms with Crippen molar-refractivity contribution in [3.63, 3.8) is 0 Å². The molecule has 0 saturated carbocycles. The molecule has 0 aliphatic carbocycles. The average molecular weight is 675 g/mol. The summed E-state index contributed by atoms with van der Waals surface area (Å²) in [6.45, 7) is 15.8. The highest BCUT2D eigenvalue weighted by Crippen LogP contribution is 2.41. The molecule has 0 heterocycles. The number of carbonyl (C=O) groups is 3. The molecule has 2 aromatic rings. The molecule has 0 radical (unpaired) electrons. The zero-order chi connectivity index (χ0) is 34.3. The molecule has 0 bridgehead atoms. The van der Waals surface area contributed by atoms with Gasteiger partial charge in [0.1, 0.15) is 24.8 Å². The van der Waals surface area contributed by atoms with Crippen LogP contribution in [-0.2, 0) is 14.4 Å². The second kappa shape index (κ2) is 18.7. The summed E-state index contributed by atoms with van der Waals surface area (Å²) in [5.74, 6) is -1.34. The van der Waals surface area contributed by atoms with Crippen LogP contribution in [0.25, 0.3) is 0 Å². The number of hydrogen-bond acceptors (Lipinski definition) is 7. The van der Waals surface area contributed by atoms with Crippen molar-refractivity contribution in [2.24, 2.45) is 15.6 Å². The van der Waals surface area contributed by atoms with Crippen molar-refractivity contribution in [3.8, 4) is 5.75 Å². The summed E-state index contributed by atoms with van der Waals surface area (Å²) in [5, 5.41) is 22.0. The third-order valence-corrected chi connectivity index (χ3v) is 6.87. The highest BCUT2D eigenvalue weighted by Gasteiger charge is 2.34. The normalized spacial score (nSPS) is 12.6. The van der Waals surface area contributed by atoms with E-state index in [-0.39, 0.29) is 52.8 Å². The maximum absolute atomic E-state index is 13.4. The Morgan fingerprint density at radius 3 is 2.26 bits per heavy atom. The molecule has 0 saturated heterocycles. The summed E-state index contributed by atoms with van der Waals surface area (Å²) in [5.41, 5.74) is 0.877. The number of nitrogens with one attached hydrogen (secondary N) is 3. The van der Waals surface area contributed by atoms with Gasteiger partial charge in [0.15, 0.2) is 0 Å². The topological polar surface area (TPSA) is 151 Å². The number of hydrogen-bond donors (Lipinski definition) is 4. The Morgan fingerprint density at radius 1 is 1.07 bits per heavy atom. The lowest BCUT2D eigenvalue weighted by Gasteiger charge is -2.32. The van der Waals surface area contributed by atoms with Crippen molar-refractivity contribution in [2.45, 2.75) is 46.5 Å². The Morgan fingerprint density at radius 2 is 1.72 bits per heavy atom. The van der Waals surface area contributed by atoms with Gasteiger partial charge in [0.2, 0.25) is 5.91 Å². The molecule has 0 spiro atoms. The average Bonchev–Trinajstić information content (AvgIpc) is 2.97. The summed E-state index contributed by atoms with van der Waals surface area (Å²) in [7, 11) is 0. The predicted octanol–water partition coefficient (Wildman–Crippen LogP) is 6.82. The van der Waals surface area contributed by atoms with Crippen LogP contribution in [-0.4, -0.2) is 60.9 Å². The van der Waals surface area contributed by atoms with Crippen LogP contribution in [0.3, 0.4) is 0 Å². The fourth-order valence-corrected chi connectivity index (χ4v) is 4.95. The Hall–Kier alpha value is -4.19. The molecule has 46 heavy (non-hydrogen) atoms. The molecule has 0 aromatic heterocycles. The fourth-order valence-electron chi connectivity index (χ4n) is 4.36. The first-order valence-corrected chi connectivity index (χ1v) is 15.3. The zero-order valence-electron chi connectivity index (χ0n) is 26.5. The molecular formula is C33H41Cl2N5O6. The Labute approximate surface area is 279 Å². The Balaban J connectivity index is 2.45. The number of halogens is 2. The molecule has 0 aliphatic heterocycles. The number of carbonyl (C=O) groups excluding carboxylic acids is 2. The number of benzene rings is 2. The van der Waals surface area contributed by atoms with Crippen LogP contribution in [0.5, 0.6) is 5.75 Å². The van der Waals surface area contributed by atoms with Gasteiger partial charge in [-0.05, 0) is 67.3 Å². The van der Waals surface area contributed by atoms with Crippen LogP contribution in [0, 0.1) is 5.41 Å². The third kappa shape index (κ3) is 12.3.